The van der Waals surface area contributed by atoms with Crippen LogP contribution in [0, 0.1) is 0 Å². The van der Waals surface area contributed by atoms with E-state index in [0.29, 0.717) is 6.04 Å². The van der Waals surface area contributed by atoms with Crippen molar-refractivity contribution in [2.45, 2.75) is 71.8 Å². The van der Waals surface area contributed by atoms with Crippen molar-refractivity contribution in [2.75, 3.05) is 0 Å². The SMILES string of the molecule is C=C(CCCCCCCC)NC(C)C. The quantitative estimate of drug-likeness (QED) is 0.545. The average molecular weight is 197 g/mol. The molecule has 0 radical (unpaired) electrons. The fourth-order valence-corrected chi connectivity index (χ4v) is 1.60. The second kappa shape index (κ2) is 9.11. The number of rotatable bonds is 9. The van der Waals surface area contributed by atoms with Crippen LogP contribution in [0.2, 0.25) is 0 Å². The van der Waals surface area contributed by atoms with E-state index in [1.54, 1.807) is 0 Å². The van der Waals surface area contributed by atoms with Crippen molar-refractivity contribution in [3.8, 4) is 0 Å². The van der Waals surface area contributed by atoms with Gasteiger partial charge in [-0.25, -0.2) is 0 Å². The number of unbranched alkanes of at least 4 members (excludes halogenated alkanes) is 5. The van der Waals surface area contributed by atoms with Crippen molar-refractivity contribution >= 4 is 0 Å². The molecule has 0 unspecified atom stereocenters. The third-order valence-electron chi connectivity index (χ3n) is 2.32. The highest BCUT2D eigenvalue weighted by Gasteiger charge is 1.96. The van der Waals surface area contributed by atoms with Gasteiger partial charge >= 0.3 is 0 Å². The maximum absolute atomic E-state index is 4.02. The van der Waals surface area contributed by atoms with Crippen molar-refractivity contribution < 1.29 is 0 Å². The first-order valence-corrected chi connectivity index (χ1v) is 6.11. The Morgan fingerprint density at radius 2 is 1.64 bits per heavy atom. The first-order valence-electron chi connectivity index (χ1n) is 6.11. The number of hydrogen-bond donors (Lipinski definition) is 1. The Hall–Kier alpha value is -0.460. The van der Waals surface area contributed by atoms with Crippen LogP contribution in [0.25, 0.3) is 0 Å². The minimum absolute atomic E-state index is 0.530. The normalized spacial score (nSPS) is 10.6. The number of nitrogens with one attached hydrogen (secondary N) is 1. The van der Waals surface area contributed by atoms with Crippen LogP contribution in [0.5, 0.6) is 0 Å². The molecule has 0 fully saturated rings. The lowest BCUT2D eigenvalue weighted by atomic mass is 10.1. The zero-order valence-electron chi connectivity index (χ0n) is 10.2. The largest absolute Gasteiger partial charge is 0.387 e. The van der Waals surface area contributed by atoms with Crippen LogP contribution in [-0.2, 0) is 0 Å². The summed E-state index contributed by atoms with van der Waals surface area (Å²) in [6.45, 7) is 10.6. The Bertz CT molecular complexity index is 138. The van der Waals surface area contributed by atoms with Crippen LogP contribution in [-0.4, -0.2) is 6.04 Å². The highest BCUT2D eigenvalue weighted by molar-refractivity contribution is 4.91. The average Bonchev–Trinajstić information content (AvgIpc) is 2.10. The van der Waals surface area contributed by atoms with E-state index in [0.717, 1.165) is 6.42 Å². The summed E-state index contributed by atoms with van der Waals surface area (Å²) in [6.07, 6.45) is 9.32. The van der Waals surface area contributed by atoms with Crippen LogP contribution in [0.15, 0.2) is 12.3 Å². The lowest BCUT2D eigenvalue weighted by molar-refractivity contribution is 0.580. The Morgan fingerprint density at radius 3 is 2.21 bits per heavy atom. The van der Waals surface area contributed by atoms with E-state index < -0.39 is 0 Å². The van der Waals surface area contributed by atoms with Gasteiger partial charge in [-0.3, -0.25) is 0 Å². The molecule has 0 aromatic rings. The second-order valence-corrected chi connectivity index (χ2v) is 4.42. The van der Waals surface area contributed by atoms with E-state index in [2.05, 4.69) is 32.7 Å². The molecule has 1 heteroatoms. The molecule has 0 aromatic heterocycles. The van der Waals surface area contributed by atoms with Crippen LogP contribution in [0.4, 0.5) is 0 Å². The summed E-state index contributed by atoms with van der Waals surface area (Å²) in [7, 11) is 0. The van der Waals surface area contributed by atoms with Gasteiger partial charge in [0.2, 0.25) is 0 Å². The van der Waals surface area contributed by atoms with Gasteiger partial charge in [-0.05, 0) is 26.7 Å². The molecule has 0 saturated heterocycles. The first kappa shape index (κ1) is 13.5. The molecule has 0 amide bonds. The van der Waals surface area contributed by atoms with Gasteiger partial charge in [-0.1, -0.05) is 45.6 Å². The minimum atomic E-state index is 0.530. The van der Waals surface area contributed by atoms with Crippen LogP contribution in [0.3, 0.4) is 0 Å². The molecule has 1 nitrogen and oxygen atoms in total. The Kier molecular flexibility index (Phi) is 8.81. The lowest BCUT2D eigenvalue weighted by Crippen LogP contribution is -2.21. The zero-order valence-corrected chi connectivity index (χ0v) is 10.2. The monoisotopic (exact) mass is 197 g/mol. The highest BCUT2D eigenvalue weighted by Crippen LogP contribution is 2.09. The van der Waals surface area contributed by atoms with Crippen molar-refractivity contribution in [3.63, 3.8) is 0 Å². The standard InChI is InChI=1S/C13H27N/c1-5-6-7-8-9-10-11-13(4)14-12(2)3/h12,14H,4-11H2,1-3H3. The fourth-order valence-electron chi connectivity index (χ4n) is 1.60. The summed E-state index contributed by atoms with van der Waals surface area (Å²) in [5.41, 5.74) is 1.20. The summed E-state index contributed by atoms with van der Waals surface area (Å²) < 4.78 is 0. The molecule has 0 aliphatic rings. The van der Waals surface area contributed by atoms with E-state index in [1.807, 2.05) is 0 Å². The zero-order chi connectivity index (χ0) is 10.8. The molecule has 0 aliphatic carbocycles. The van der Waals surface area contributed by atoms with Gasteiger partial charge in [0.15, 0.2) is 0 Å². The Labute approximate surface area is 90.0 Å². The van der Waals surface area contributed by atoms with Gasteiger partial charge in [0.25, 0.3) is 0 Å². The van der Waals surface area contributed by atoms with Gasteiger partial charge in [0.1, 0.15) is 0 Å². The van der Waals surface area contributed by atoms with E-state index in [1.165, 1.54) is 44.2 Å². The minimum Gasteiger partial charge on any atom is -0.387 e. The molecule has 0 bridgehead atoms. The molecule has 0 atom stereocenters. The summed E-state index contributed by atoms with van der Waals surface area (Å²) >= 11 is 0. The van der Waals surface area contributed by atoms with Crippen molar-refractivity contribution in [1.82, 2.24) is 5.32 Å². The molecular weight excluding hydrogens is 170 g/mol. The molecule has 0 aromatic carbocycles. The highest BCUT2D eigenvalue weighted by atomic mass is 14.9. The fraction of sp³-hybridized carbons (Fsp3) is 0.846. The molecule has 14 heavy (non-hydrogen) atoms. The topological polar surface area (TPSA) is 12.0 Å². The van der Waals surface area contributed by atoms with Gasteiger partial charge in [-0.15, -0.1) is 0 Å². The summed E-state index contributed by atoms with van der Waals surface area (Å²) in [5, 5.41) is 3.35. The first-order chi connectivity index (χ1) is 6.66. The van der Waals surface area contributed by atoms with Crippen molar-refractivity contribution in [1.29, 1.82) is 0 Å². The van der Waals surface area contributed by atoms with E-state index in [9.17, 15) is 0 Å². The van der Waals surface area contributed by atoms with Gasteiger partial charge in [0.05, 0.1) is 0 Å². The van der Waals surface area contributed by atoms with Crippen LogP contribution >= 0.6 is 0 Å². The predicted octanol–water partition coefficient (Wildman–Crippen LogP) is 4.25. The van der Waals surface area contributed by atoms with Crippen LogP contribution < -0.4 is 5.32 Å². The second-order valence-electron chi connectivity index (χ2n) is 4.42. The maximum atomic E-state index is 4.02. The van der Waals surface area contributed by atoms with E-state index in [4.69, 9.17) is 0 Å². The van der Waals surface area contributed by atoms with Crippen molar-refractivity contribution in [2.24, 2.45) is 0 Å². The van der Waals surface area contributed by atoms with Gasteiger partial charge in [-0.2, -0.15) is 0 Å². The summed E-state index contributed by atoms with van der Waals surface area (Å²) in [6, 6.07) is 0.530. The number of hydrogen-bond acceptors (Lipinski definition) is 1. The molecule has 84 valence electrons. The number of allylic oxidation sites excluding steroid dienone is 1. The molecule has 0 spiro atoms. The molecule has 0 saturated carbocycles. The van der Waals surface area contributed by atoms with E-state index >= 15 is 0 Å². The van der Waals surface area contributed by atoms with Gasteiger partial charge < -0.3 is 5.32 Å². The molecule has 0 aliphatic heterocycles. The van der Waals surface area contributed by atoms with Crippen molar-refractivity contribution in [3.05, 3.63) is 12.3 Å². The summed E-state index contributed by atoms with van der Waals surface area (Å²) in [5.74, 6) is 0. The smallest absolute Gasteiger partial charge is 0.0201 e. The Morgan fingerprint density at radius 1 is 1.07 bits per heavy atom. The molecule has 0 rings (SSSR count). The van der Waals surface area contributed by atoms with Gasteiger partial charge in [0, 0.05) is 11.7 Å². The molecule has 0 heterocycles. The maximum Gasteiger partial charge on any atom is 0.0201 e. The van der Waals surface area contributed by atoms with Crippen LogP contribution in [0.1, 0.15) is 65.7 Å². The van der Waals surface area contributed by atoms with E-state index in [-0.39, 0.29) is 0 Å². The third-order valence-corrected chi connectivity index (χ3v) is 2.32. The third kappa shape index (κ3) is 9.63. The summed E-state index contributed by atoms with van der Waals surface area (Å²) in [4.78, 5) is 0. The lowest BCUT2D eigenvalue weighted by Gasteiger charge is -2.12. The Balaban J connectivity index is 3.15. The predicted molar refractivity (Wildman–Crippen MR) is 65.4 cm³/mol. The molecular formula is C13H27N. The molecule has 1 N–H and O–H groups in total.